The van der Waals surface area contributed by atoms with Crippen molar-refractivity contribution in [1.82, 2.24) is 10.3 Å². The van der Waals surface area contributed by atoms with Crippen molar-refractivity contribution in [2.75, 3.05) is 6.54 Å². The monoisotopic (exact) mass is 182 g/mol. The average Bonchev–Trinajstić information content (AvgIpc) is 2.61. The lowest BCUT2D eigenvalue weighted by atomic mass is 10.2. The number of aryl methyl sites for hydroxylation is 2. The number of nitrogens with one attached hydrogen (secondary N) is 1. The van der Waals surface area contributed by atoms with Crippen molar-refractivity contribution in [3.63, 3.8) is 0 Å². The first-order valence-electron chi connectivity index (χ1n) is 4.44. The van der Waals surface area contributed by atoms with E-state index in [0.717, 1.165) is 6.54 Å². The van der Waals surface area contributed by atoms with Crippen LogP contribution < -0.4 is 5.32 Å². The normalized spacial score (nSPS) is 23.3. The molecule has 3 heteroatoms. The third-order valence-corrected chi connectivity index (χ3v) is 3.59. The molecule has 66 valence electrons. The SMILES string of the molecule is Cc1nc([C@H]2CCCN2)sc1C. The highest BCUT2D eigenvalue weighted by molar-refractivity contribution is 7.11. The summed E-state index contributed by atoms with van der Waals surface area (Å²) in [5, 5.41) is 4.74. The minimum absolute atomic E-state index is 0.544. The van der Waals surface area contributed by atoms with E-state index in [1.807, 2.05) is 11.3 Å². The summed E-state index contributed by atoms with van der Waals surface area (Å²) in [5.74, 6) is 0. The van der Waals surface area contributed by atoms with Gasteiger partial charge in [-0.25, -0.2) is 4.98 Å². The first-order chi connectivity index (χ1) is 5.77. The Morgan fingerprint density at radius 1 is 1.50 bits per heavy atom. The van der Waals surface area contributed by atoms with Gasteiger partial charge < -0.3 is 5.32 Å². The second-order valence-corrected chi connectivity index (χ2v) is 4.58. The molecular weight excluding hydrogens is 168 g/mol. The van der Waals surface area contributed by atoms with Gasteiger partial charge in [-0.3, -0.25) is 0 Å². The molecule has 1 aliphatic rings. The van der Waals surface area contributed by atoms with Gasteiger partial charge in [0.05, 0.1) is 11.7 Å². The molecule has 1 aromatic rings. The standard InChI is InChI=1S/C9H14N2S/c1-6-7(2)12-9(11-6)8-4-3-5-10-8/h8,10H,3-5H2,1-2H3/t8-/m1/s1. The summed E-state index contributed by atoms with van der Waals surface area (Å²) < 4.78 is 0. The number of aromatic nitrogens is 1. The molecule has 1 saturated heterocycles. The van der Waals surface area contributed by atoms with Gasteiger partial charge in [0.2, 0.25) is 0 Å². The molecular formula is C9H14N2S. The van der Waals surface area contributed by atoms with Crippen LogP contribution in [-0.4, -0.2) is 11.5 Å². The number of hydrogen-bond donors (Lipinski definition) is 1. The van der Waals surface area contributed by atoms with Crippen molar-refractivity contribution in [3.05, 3.63) is 15.6 Å². The molecule has 0 aliphatic carbocycles. The van der Waals surface area contributed by atoms with Crippen molar-refractivity contribution in [1.29, 1.82) is 0 Å². The Morgan fingerprint density at radius 3 is 2.83 bits per heavy atom. The fraction of sp³-hybridized carbons (Fsp3) is 0.667. The van der Waals surface area contributed by atoms with Crippen LogP contribution in [0.15, 0.2) is 0 Å². The summed E-state index contributed by atoms with van der Waals surface area (Å²) in [6, 6.07) is 0.544. The van der Waals surface area contributed by atoms with E-state index in [0.29, 0.717) is 6.04 Å². The van der Waals surface area contributed by atoms with E-state index in [1.54, 1.807) is 0 Å². The number of nitrogens with zero attached hydrogens (tertiary/aromatic N) is 1. The first kappa shape index (κ1) is 8.20. The molecule has 1 N–H and O–H groups in total. The summed E-state index contributed by atoms with van der Waals surface area (Å²) in [6.07, 6.45) is 2.55. The molecule has 1 fully saturated rings. The van der Waals surface area contributed by atoms with Crippen LogP contribution in [0.4, 0.5) is 0 Å². The average molecular weight is 182 g/mol. The van der Waals surface area contributed by atoms with Gasteiger partial charge in [-0.05, 0) is 33.2 Å². The van der Waals surface area contributed by atoms with Crippen LogP contribution in [0.1, 0.15) is 34.5 Å². The number of hydrogen-bond acceptors (Lipinski definition) is 3. The molecule has 1 aliphatic heterocycles. The Kier molecular flexibility index (Phi) is 2.15. The maximum absolute atomic E-state index is 4.55. The molecule has 2 rings (SSSR count). The Morgan fingerprint density at radius 2 is 2.33 bits per heavy atom. The third-order valence-electron chi connectivity index (χ3n) is 2.40. The van der Waals surface area contributed by atoms with Gasteiger partial charge >= 0.3 is 0 Å². The van der Waals surface area contributed by atoms with Crippen LogP contribution >= 0.6 is 11.3 Å². The highest BCUT2D eigenvalue weighted by Crippen LogP contribution is 2.28. The van der Waals surface area contributed by atoms with Gasteiger partial charge in [-0.1, -0.05) is 0 Å². The summed E-state index contributed by atoms with van der Waals surface area (Å²) in [5.41, 5.74) is 1.20. The Hall–Kier alpha value is -0.410. The zero-order valence-corrected chi connectivity index (χ0v) is 8.37. The van der Waals surface area contributed by atoms with Gasteiger partial charge in [0.25, 0.3) is 0 Å². The summed E-state index contributed by atoms with van der Waals surface area (Å²) >= 11 is 1.84. The van der Waals surface area contributed by atoms with E-state index in [9.17, 15) is 0 Å². The second-order valence-electron chi connectivity index (χ2n) is 3.34. The molecule has 0 radical (unpaired) electrons. The Labute approximate surface area is 77.0 Å². The van der Waals surface area contributed by atoms with Crippen molar-refractivity contribution < 1.29 is 0 Å². The van der Waals surface area contributed by atoms with Crippen LogP contribution in [0.5, 0.6) is 0 Å². The lowest BCUT2D eigenvalue weighted by Gasteiger charge is -2.03. The quantitative estimate of drug-likeness (QED) is 0.720. The van der Waals surface area contributed by atoms with Gasteiger partial charge in [0.1, 0.15) is 5.01 Å². The lowest BCUT2D eigenvalue weighted by Crippen LogP contribution is -2.12. The van der Waals surface area contributed by atoms with E-state index in [4.69, 9.17) is 0 Å². The fourth-order valence-electron chi connectivity index (χ4n) is 1.54. The molecule has 1 aromatic heterocycles. The smallest absolute Gasteiger partial charge is 0.110 e. The molecule has 0 unspecified atom stereocenters. The molecule has 2 heterocycles. The van der Waals surface area contributed by atoms with Crippen LogP contribution in [0, 0.1) is 13.8 Å². The molecule has 0 aromatic carbocycles. The maximum atomic E-state index is 4.55. The zero-order valence-electron chi connectivity index (χ0n) is 7.55. The van der Waals surface area contributed by atoms with Gasteiger partial charge in [-0.2, -0.15) is 0 Å². The van der Waals surface area contributed by atoms with E-state index in [1.165, 1.54) is 28.4 Å². The number of rotatable bonds is 1. The molecule has 12 heavy (non-hydrogen) atoms. The highest BCUT2D eigenvalue weighted by Gasteiger charge is 2.19. The topological polar surface area (TPSA) is 24.9 Å². The number of thiazole rings is 1. The van der Waals surface area contributed by atoms with Crippen molar-refractivity contribution >= 4 is 11.3 Å². The van der Waals surface area contributed by atoms with Gasteiger partial charge in [-0.15, -0.1) is 11.3 Å². The molecule has 1 atom stereocenters. The van der Waals surface area contributed by atoms with Crippen molar-refractivity contribution in [2.45, 2.75) is 32.7 Å². The molecule has 2 nitrogen and oxygen atoms in total. The molecule has 0 saturated carbocycles. The largest absolute Gasteiger partial charge is 0.308 e. The minimum atomic E-state index is 0.544. The van der Waals surface area contributed by atoms with Crippen LogP contribution in [0.3, 0.4) is 0 Å². The van der Waals surface area contributed by atoms with Gasteiger partial charge in [0, 0.05) is 4.88 Å². The lowest BCUT2D eigenvalue weighted by molar-refractivity contribution is 0.641. The van der Waals surface area contributed by atoms with Crippen molar-refractivity contribution in [3.8, 4) is 0 Å². The van der Waals surface area contributed by atoms with Crippen molar-refractivity contribution in [2.24, 2.45) is 0 Å². The summed E-state index contributed by atoms with van der Waals surface area (Å²) in [7, 11) is 0. The predicted octanol–water partition coefficient (Wildman–Crippen LogP) is 2.18. The third kappa shape index (κ3) is 1.39. The fourth-order valence-corrected chi connectivity index (χ4v) is 2.57. The molecule has 0 amide bonds. The summed E-state index contributed by atoms with van der Waals surface area (Å²) in [6.45, 7) is 5.39. The molecule has 0 bridgehead atoms. The van der Waals surface area contributed by atoms with Crippen LogP contribution in [0.2, 0.25) is 0 Å². The highest BCUT2D eigenvalue weighted by atomic mass is 32.1. The Balaban J connectivity index is 2.21. The second kappa shape index (κ2) is 3.15. The van der Waals surface area contributed by atoms with E-state index >= 15 is 0 Å². The predicted molar refractivity (Wildman–Crippen MR) is 51.6 cm³/mol. The van der Waals surface area contributed by atoms with Gasteiger partial charge in [0.15, 0.2) is 0 Å². The van der Waals surface area contributed by atoms with Crippen LogP contribution in [-0.2, 0) is 0 Å². The van der Waals surface area contributed by atoms with E-state index in [2.05, 4.69) is 24.1 Å². The Bertz CT molecular complexity index is 255. The first-order valence-corrected chi connectivity index (χ1v) is 5.26. The van der Waals surface area contributed by atoms with E-state index < -0.39 is 0 Å². The maximum Gasteiger partial charge on any atom is 0.110 e. The van der Waals surface area contributed by atoms with E-state index in [-0.39, 0.29) is 0 Å². The zero-order chi connectivity index (χ0) is 8.55. The molecule has 0 spiro atoms. The minimum Gasteiger partial charge on any atom is -0.308 e. The summed E-state index contributed by atoms with van der Waals surface area (Å²) in [4.78, 5) is 5.91. The van der Waals surface area contributed by atoms with Crippen LogP contribution in [0.25, 0.3) is 0 Å².